The fourth-order valence-corrected chi connectivity index (χ4v) is 0.588. The van der Waals surface area contributed by atoms with Gasteiger partial charge in [0, 0.05) is 12.1 Å². The monoisotopic (exact) mass is 124 g/mol. The van der Waals surface area contributed by atoms with Crippen LogP contribution < -0.4 is 0 Å². The second-order valence-electron chi connectivity index (χ2n) is 1.96. The highest BCUT2D eigenvalue weighted by atomic mass is 16.1. The Bertz CT molecular complexity index is 181. The van der Waals surface area contributed by atoms with Gasteiger partial charge in [-0.05, 0) is 5.56 Å². The highest BCUT2D eigenvalue weighted by Gasteiger charge is 2.02. The highest BCUT2D eigenvalue weighted by Crippen LogP contribution is 2.07. The molecule has 0 aliphatic rings. The molecule has 0 aliphatic heterocycles. The molecule has 0 fully saturated rings. The van der Waals surface area contributed by atoms with Gasteiger partial charge in [-0.3, -0.25) is 5.10 Å². The van der Waals surface area contributed by atoms with E-state index in [0.29, 0.717) is 0 Å². The maximum Gasteiger partial charge on any atom is 0.127 e. The molecule has 0 amide bonds. The predicted octanol–water partition coefficient (Wildman–Crippen LogP) is 0.712. The molecule has 0 aromatic carbocycles. The average Bonchev–Trinajstić information content (AvgIpc) is 2.37. The fourth-order valence-electron chi connectivity index (χ4n) is 0.588. The molecule has 0 spiro atoms. The Balaban J connectivity index is 2.76. The highest BCUT2D eigenvalue weighted by molar-refractivity contribution is 5.60. The largest absolute Gasteiger partial charge is 0.303 e. The first-order valence-corrected chi connectivity index (χ1v) is 2.78. The van der Waals surface area contributed by atoms with E-state index < -0.39 is 0 Å². The molecule has 48 valence electrons. The van der Waals surface area contributed by atoms with Gasteiger partial charge < -0.3 is 4.79 Å². The van der Waals surface area contributed by atoms with Gasteiger partial charge >= 0.3 is 0 Å². The molecule has 9 heavy (non-hydrogen) atoms. The summed E-state index contributed by atoms with van der Waals surface area (Å²) < 4.78 is 0. The van der Waals surface area contributed by atoms with Gasteiger partial charge in [0.2, 0.25) is 0 Å². The first-order valence-electron chi connectivity index (χ1n) is 2.78. The molecule has 1 aromatic rings. The number of H-pyrrole nitrogens is 1. The molecule has 1 rings (SSSR count). The van der Waals surface area contributed by atoms with Crippen molar-refractivity contribution in [2.24, 2.45) is 0 Å². The molecule has 0 radical (unpaired) electrons. The van der Waals surface area contributed by atoms with Crippen molar-refractivity contribution >= 4 is 6.29 Å². The first kappa shape index (κ1) is 6.01. The summed E-state index contributed by atoms with van der Waals surface area (Å²) in [6.45, 7) is 1.83. The van der Waals surface area contributed by atoms with Crippen LogP contribution in [-0.4, -0.2) is 16.5 Å². The van der Waals surface area contributed by atoms with E-state index in [-0.39, 0.29) is 5.92 Å². The Morgan fingerprint density at radius 1 is 1.89 bits per heavy atom. The summed E-state index contributed by atoms with van der Waals surface area (Å²) in [7, 11) is 0. The van der Waals surface area contributed by atoms with Crippen LogP contribution in [0, 0.1) is 0 Å². The zero-order valence-electron chi connectivity index (χ0n) is 5.16. The molecular weight excluding hydrogens is 116 g/mol. The fraction of sp³-hybridized carbons (Fsp3) is 0.333. The van der Waals surface area contributed by atoms with Crippen LogP contribution in [0.2, 0.25) is 0 Å². The number of nitrogens with one attached hydrogen (secondary N) is 1. The number of nitrogens with zero attached hydrogens (tertiary/aromatic N) is 1. The van der Waals surface area contributed by atoms with E-state index in [1.165, 1.54) is 0 Å². The summed E-state index contributed by atoms with van der Waals surface area (Å²) in [4.78, 5) is 10.2. The van der Waals surface area contributed by atoms with Gasteiger partial charge in [0.05, 0.1) is 6.20 Å². The first-order chi connectivity index (χ1) is 4.34. The zero-order valence-corrected chi connectivity index (χ0v) is 5.16. The van der Waals surface area contributed by atoms with Gasteiger partial charge in [0.1, 0.15) is 6.29 Å². The lowest BCUT2D eigenvalue weighted by molar-refractivity contribution is -0.108. The van der Waals surface area contributed by atoms with Crippen LogP contribution >= 0.6 is 0 Å². The zero-order chi connectivity index (χ0) is 6.69. The summed E-state index contributed by atoms with van der Waals surface area (Å²) in [5.41, 5.74) is 0.935. The quantitative estimate of drug-likeness (QED) is 0.590. The molecule has 0 bridgehead atoms. The third-order valence-corrected chi connectivity index (χ3v) is 1.25. The standard InChI is InChI=1S/C6H8N2O/c1-5(4-9)6-2-7-8-3-6/h2-5H,1H3,(H,7,8). The Hall–Kier alpha value is -1.12. The number of carbonyl (C=O) groups is 1. The summed E-state index contributed by atoms with van der Waals surface area (Å²) in [5, 5.41) is 6.34. The van der Waals surface area contributed by atoms with Crippen molar-refractivity contribution in [3.63, 3.8) is 0 Å². The van der Waals surface area contributed by atoms with Crippen molar-refractivity contribution in [1.82, 2.24) is 10.2 Å². The molecule has 0 aliphatic carbocycles. The minimum absolute atomic E-state index is 0.0382. The molecule has 3 nitrogen and oxygen atoms in total. The maximum atomic E-state index is 10.2. The molecule has 3 heteroatoms. The van der Waals surface area contributed by atoms with Crippen LogP contribution in [0.1, 0.15) is 18.4 Å². The average molecular weight is 124 g/mol. The van der Waals surface area contributed by atoms with Gasteiger partial charge in [-0.15, -0.1) is 0 Å². The normalized spacial score (nSPS) is 13.0. The van der Waals surface area contributed by atoms with Crippen molar-refractivity contribution in [2.75, 3.05) is 0 Å². The van der Waals surface area contributed by atoms with Crippen LogP contribution in [0.5, 0.6) is 0 Å². The maximum absolute atomic E-state index is 10.2. The number of carbonyl (C=O) groups excluding carboxylic acids is 1. The van der Waals surface area contributed by atoms with Gasteiger partial charge in [0.25, 0.3) is 0 Å². The summed E-state index contributed by atoms with van der Waals surface area (Å²) in [6, 6.07) is 0. The topological polar surface area (TPSA) is 45.8 Å². The molecule has 1 atom stereocenters. The Labute approximate surface area is 53.1 Å². The van der Waals surface area contributed by atoms with Gasteiger partial charge in [-0.2, -0.15) is 5.10 Å². The third-order valence-electron chi connectivity index (χ3n) is 1.25. The molecule has 1 heterocycles. The van der Waals surface area contributed by atoms with Crippen molar-refractivity contribution in [3.05, 3.63) is 18.0 Å². The number of hydrogen-bond acceptors (Lipinski definition) is 2. The van der Waals surface area contributed by atoms with Gasteiger partial charge in [0.15, 0.2) is 0 Å². The van der Waals surface area contributed by atoms with E-state index in [2.05, 4.69) is 10.2 Å². The number of aromatic nitrogens is 2. The van der Waals surface area contributed by atoms with Crippen LogP contribution in [0.3, 0.4) is 0 Å². The van der Waals surface area contributed by atoms with Gasteiger partial charge in [-0.25, -0.2) is 0 Å². The molecule has 1 N–H and O–H groups in total. The molecule has 1 unspecified atom stereocenters. The lowest BCUT2D eigenvalue weighted by Crippen LogP contribution is -1.90. The summed E-state index contributed by atoms with van der Waals surface area (Å²) in [5.74, 6) is -0.0382. The SMILES string of the molecule is CC(C=O)c1cn[nH]c1. The second-order valence-corrected chi connectivity index (χ2v) is 1.96. The Morgan fingerprint density at radius 3 is 3.11 bits per heavy atom. The van der Waals surface area contributed by atoms with Crippen molar-refractivity contribution in [3.8, 4) is 0 Å². The molecule has 0 saturated heterocycles. The second kappa shape index (κ2) is 2.44. The van der Waals surface area contributed by atoms with E-state index in [4.69, 9.17) is 0 Å². The van der Waals surface area contributed by atoms with E-state index in [1.54, 1.807) is 12.4 Å². The molecule has 1 aromatic heterocycles. The third kappa shape index (κ3) is 1.16. The lowest BCUT2D eigenvalue weighted by atomic mass is 10.1. The number of hydrogen-bond donors (Lipinski definition) is 1. The predicted molar refractivity (Wildman–Crippen MR) is 33.1 cm³/mol. The van der Waals surface area contributed by atoms with Crippen molar-refractivity contribution < 1.29 is 4.79 Å². The number of rotatable bonds is 2. The van der Waals surface area contributed by atoms with Crippen LogP contribution in [0.15, 0.2) is 12.4 Å². The molecule has 0 saturated carbocycles. The van der Waals surface area contributed by atoms with Crippen molar-refractivity contribution in [2.45, 2.75) is 12.8 Å². The Morgan fingerprint density at radius 2 is 2.67 bits per heavy atom. The van der Waals surface area contributed by atoms with Crippen LogP contribution in [0.4, 0.5) is 0 Å². The molecular formula is C6H8N2O. The summed E-state index contributed by atoms with van der Waals surface area (Å²) in [6.07, 6.45) is 4.27. The van der Waals surface area contributed by atoms with Crippen LogP contribution in [0.25, 0.3) is 0 Å². The van der Waals surface area contributed by atoms with E-state index in [1.807, 2.05) is 6.92 Å². The van der Waals surface area contributed by atoms with E-state index in [0.717, 1.165) is 11.8 Å². The number of aldehydes is 1. The smallest absolute Gasteiger partial charge is 0.127 e. The minimum atomic E-state index is -0.0382. The summed E-state index contributed by atoms with van der Waals surface area (Å²) >= 11 is 0. The lowest BCUT2D eigenvalue weighted by Gasteiger charge is -1.93. The van der Waals surface area contributed by atoms with E-state index in [9.17, 15) is 4.79 Å². The van der Waals surface area contributed by atoms with Gasteiger partial charge in [-0.1, -0.05) is 6.92 Å². The Kier molecular flexibility index (Phi) is 1.63. The van der Waals surface area contributed by atoms with Crippen LogP contribution in [-0.2, 0) is 4.79 Å². The van der Waals surface area contributed by atoms with Crippen molar-refractivity contribution in [1.29, 1.82) is 0 Å². The number of aromatic amines is 1. The van der Waals surface area contributed by atoms with E-state index >= 15 is 0 Å². The minimum Gasteiger partial charge on any atom is -0.303 e.